The molecule has 1 aromatic heterocycles. The average molecular weight is 276 g/mol. The monoisotopic (exact) mass is 276 g/mol. The van der Waals surface area contributed by atoms with Gasteiger partial charge < -0.3 is 10.4 Å². The zero-order chi connectivity index (χ0) is 14.5. The molecule has 1 aromatic carbocycles. The van der Waals surface area contributed by atoms with Gasteiger partial charge in [0, 0.05) is 11.3 Å². The van der Waals surface area contributed by atoms with Gasteiger partial charge in [-0.3, -0.25) is 14.9 Å². The number of hydrogen-bond donors (Lipinski definition) is 4. The van der Waals surface area contributed by atoms with Gasteiger partial charge in [0.05, 0.1) is 0 Å². The van der Waals surface area contributed by atoms with E-state index in [1.807, 2.05) is 0 Å². The number of nitrogens with one attached hydrogen (secondary N) is 3. The van der Waals surface area contributed by atoms with Crippen LogP contribution < -0.4 is 10.6 Å². The summed E-state index contributed by atoms with van der Waals surface area (Å²) in [6.45, 7) is 0. The first kappa shape index (κ1) is 13.1. The third-order valence-electron chi connectivity index (χ3n) is 2.15. The van der Waals surface area contributed by atoms with Crippen LogP contribution >= 0.6 is 0 Å². The van der Waals surface area contributed by atoms with Crippen LogP contribution in [-0.4, -0.2) is 43.5 Å². The van der Waals surface area contributed by atoms with E-state index in [0.717, 1.165) is 0 Å². The molecule has 2 aromatic rings. The number of carbonyl (C=O) groups excluding carboxylic acids is 2. The lowest BCUT2D eigenvalue weighted by Crippen LogP contribution is -2.22. The lowest BCUT2D eigenvalue weighted by molar-refractivity contribution is -0.147. The number of nitrogens with zero attached hydrogens (tertiary/aromatic N) is 3. The molecule has 0 spiro atoms. The van der Waals surface area contributed by atoms with E-state index in [9.17, 15) is 14.4 Å². The van der Waals surface area contributed by atoms with Gasteiger partial charge in [0.15, 0.2) is 0 Å². The molecule has 0 atom stereocenters. The Kier molecular flexibility index (Phi) is 3.65. The molecule has 0 aliphatic carbocycles. The molecule has 0 radical (unpaired) electrons. The Morgan fingerprint density at radius 3 is 2.65 bits per heavy atom. The molecule has 0 unspecified atom stereocenters. The Bertz CT molecular complexity index is 654. The van der Waals surface area contributed by atoms with Gasteiger partial charge in [0.25, 0.3) is 5.91 Å². The number of anilines is 2. The standard InChI is InChI=1S/C10H8N6O4/c17-7(12-10-13-15-16-14-10)5-2-1-3-6(4-5)11-8(18)9(19)20/h1-4H,(H,11,18)(H,19,20)(H2,12,13,14,15,16,17). The van der Waals surface area contributed by atoms with E-state index in [0.29, 0.717) is 0 Å². The molecule has 20 heavy (non-hydrogen) atoms. The van der Waals surface area contributed by atoms with Crippen LogP contribution in [0.1, 0.15) is 10.4 Å². The van der Waals surface area contributed by atoms with Gasteiger partial charge in [-0.2, -0.15) is 0 Å². The number of aromatic nitrogens is 4. The maximum absolute atomic E-state index is 11.8. The first-order valence-electron chi connectivity index (χ1n) is 5.25. The van der Waals surface area contributed by atoms with Crippen molar-refractivity contribution in [3.63, 3.8) is 0 Å². The smallest absolute Gasteiger partial charge is 0.394 e. The Morgan fingerprint density at radius 2 is 2.00 bits per heavy atom. The first-order chi connectivity index (χ1) is 9.56. The second kappa shape index (κ2) is 5.56. The number of H-pyrrole nitrogens is 1. The third-order valence-corrected chi connectivity index (χ3v) is 2.15. The summed E-state index contributed by atoms with van der Waals surface area (Å²) >= 11 is 0. The van der Waals surface area contributed by atoms with Crippen molar-refractivity contribution < 1.29 is 19.5 Å². The highest BCUT2D eigenvalue weighted by molar-refractivity contribution is 6.36. The maximum Gasteiger partial charge on any atom is 0.394 e. The second-order valence-corrected chi connectivity index (χ2v) is 3.54. The van der Waals surface area contributed by atoms with Crippen LogP contribution in [0.3, 0.4) is 0 Å². The topological polar surface area (TPSA) is 150 Å². The minimum Gasteiger partial charge on any atom is -0.474 e. The summed E-state index contributed by atoms with van der Waals surface area (Å²) in [7, 11) is 0. The van der Waals surface area contributed by atoms with Gasteiger partial charge in [-0.15, -0.1) is 0 Å². The van der Waals surface area contributed by atoms with Gasteiger partial charge in [-0.1, -0.05) is 11.2 Å². The zero-order valence-corrected chi connectivity index (χ0v) is 9.82. The van der Waals surface area contributed by atoms with Crippen molar-refractivity contribution in [2.75, 3.05) is 10.6 Å². The molecule has 0 bridgehead atoms. The fourth-order valence-electron chi connectivity index (χ4n) is 1.31. The zero-order valence-electron chi connectivity index (χ0n) is 9.82. The number of tetrazole rings is 1. The molecule has 10 nitrogen and oxygen atoms in total. The van der Waals surface area contributed by atoms with Crippen molar-refractivity contribution in [2.24, 2.45) is 0 Å². The van der Waals surface area contributed by atoms with Crippen LogP contribution in [0, 0.1) is 0 Å². The lowest BCUT2D eigenvalue weighted by atomic mass is 10.2. The van der Waals surface area contributed by atoms with Gasteiger partial charge in [-0.25, -0.2) is 9.89 Å². The van der Waals surface area contributed by atoms with Gasteiger partial charge in [0.1, 0.15) is 0 Å². The normalized spacial score (nSPS) is 9.80. The number of aromatic amines is 1. The molecule has 2 rings (SSSR count). The van der Waals surface area contributed by atoms with E-state index in [-0.39, 0.29) is 17.2 Å². The van der Waals surface area contributed by atoms with Crippen LogP contribution in [0.5, 0.6) is 0 Å². The van der Waals surface area contributed by atoms with Crippen LogP contribution in [-0.2, 0) is 9.59 Å². The Hall–Kier alpha value is -3.30. The maximum atomic E-state index is 11.8. The Morgan fingerprint density at radius 1 is 1.20 bits per heavy atom. The van der Waals surface area contributed by atoms with Crippen molar-refractivity contribution in [3.8, 4) is 0 Å². The molecule has 0 aliphatic heterocycles. The Balaban J connectivity index is 2.11. The number of amides is 2. The first-order valence-corrected chi connectivity index (χ1v) is 5.25. The van der Waals surface area contributed by atoms with Crippen molar-refractivity contribution in [3.05, 3.63) is 29.8 Å². The molecular weight excluding hydrogens is 268 g/mol. The van der Waals surface area contributed by atoms with Crippen LogP contribution in [0.4, 0.5) is 11.6 Å². The number of aliphatic carboxylic acids is 1. The van der Waals surface area contributed by atoms with Crippen LogP contribution in [0.15, 0.2) is 24.3 Å². The summed E-state index contributed by atoms with van der Waals surface area (Å²) in [6.07, 6.45) is 0. The predicted molar refractivity (Wildman–Crippen MR) is 64.8 cm³/mol. The molecule has 2 amide bonds. The van der Waals surface area contributed by atoms with Crippen LogP contribution in [0.25, 0.3) is 0 Å². The number of benzene rings is 1. The molecule has 0 fully saturated rings. The molecule has 4 N–H and O–H groups in total. The molecule has 1 heterocycles. The molecular formula is C10H8N6O4. The molecule has 102 valence electrons. The number of rotatable bonds is 3. The predicted octanol–water partition coefficient (Wildman–Crippen LogP) is -0.525. The van der Waals surface area contributed by atoms with E-state index in [1.165, 1.54) is 24.3 Å². The highest BCUT2D eigenvalue weighted by Crippen LogP contribution is 2.11. The van der Waals surface area contributed by atoms with Crippen molar-refractivity contribution in [1.29, 1.82) is 0 Å². The van der Waals surface area contributed by atoms with E-state index in [1.54, 1.807) is 0 Å². The highest BCUT2D eigenvalue weighted by atomic mass is 16.4. The number of carbonyl (C=O) groups is 3. The summed E-state index contributed by atoms with van der Waals surface area (Å²) in [5.74, 6) is -3.26. The quantitative estimate of drug-likeness (QED) is 0.550. The van der Waals surface area contributed by atoms with E-state index in [4.69, 9.17) is 5.11 Å². The van der Waals surface area contributed by atoms with Crippen molar-refractivity contribution >= 4 is 29.4 Å². The summed E-state index contributed by atoms with van der Waals surface area (Å²) in [5, 5.41) is 25.4. The van der Waals surface area contributed by atoms with Gasteiger partial charge in [-0.05, 0) is 28.6 Å². The van der Waals surface area contributed by atoms with Gasteiger partial charge >= 0.3 is 11.9 Å². The fraction of sp³-hybridized carbons (Fsp3) is 0. The third kappa shape index (κ3) is 3.13. The van der Waals surface area contributed by atoms with Crippen LogP contribution in [0.2, 0.25) is 0 Å². The largest absolute Gasteiger partial charge is 0.474 e. The number of carboxylic acids is 1. The summed E-state index contributed by atoms with van der Waals surface area (Å²) in [6, 6.07) is 5.74. The fourth-order valence-corrected chi connectivity index (χ4v) is 1.31. The van der Waals surface area contributed by atoms with Crippen molar-refractivity contribution in [2.45, 2.75) is 0 Å². The molecule has 10 heteroatoms. The van der Waals surface area contributed by atoms with E-state index in [2.05, 4.69) is 31.3 Å². The highest BCUT2D eigenvalue weighted by Gasteiger charge is 2.13. The SMILES string of the molecule is O=C(O)C(=O)Nc1cccc(C(=O)Nc2nnn[nH]2)c1. The molecule has 0 aliphatic rings. The summed E-state index contributed by atoms with van der Waals surface area (Å²) in [4.78, 5) is 33.3. The Labute approximate surface area is 111 Å². The average Bonchev–Trinajstić information content (AvgIpc) is 2.91. The molecule has 0 saturated carbocycles. The van der Waals surface area contributed by atoms with E-state index >= 15 is 0 Å². The van der Waals surface area contributed by atoms with Crippen molar-refractivity contribution in [1.82, 2.24) is 20.6 Å². The summed E-state index contributed by atoms with van der Waals surface area (Å²) < 4.78 is 0. The number of carboxylic acid groups (broad SMARTS) is 1. The summed E-state index contributed by atoms with van der Waals surface area (Å²) in [5.41, 5.74) is 0.380. The minimum absolute atomic E-state index is 0.0648. The van der Waals surface area contributed by atoms with E-state index < -0.39 is 17.8 Å². The molecule has 0 saturated heterocycles. The number of hydrogen-bond acceptors (Lipinski definition) is 6. The minimum atomic E-state index is -1.62. The lowest BCUT2D eigenvalue weighted by Gasteiger charge is -2.05. The van der Waals surface area contributed by atoms with Gasteiger partial charge in [0.2, 0.25) is 5.95 Å². The second-order valence-electron chi connectivity index (χ2n) is 3.54.